The molecule has 0 N–H and O–H groups in total. The molecule has 2 aliphatic rings. The van der Waals surface area contributed by atoms with Crippen LogP contribution in [0, 0.1) is 17.7 Å². The second-order valence-electron chi connectivity index (χ2n) is 7.00. The van der Waals surface area contributed by atoms with E-state index in [9.17, 15) is 14.0 Å². The molecule has 0 radical (unpaired) electrons. The summed E-state index contributed by atoms with van der Waals surface area (Å²) in [6.45, 7) is 0.937. The average molecular weight is 333 g/mol. The molecule has 1 aromatic rings. The maximum Gasteiger partial charge on any atom is 0.223 e. The lowest BCUT2D eigenvalue weighted by molar-refractivity contribution is -0.131. The Kier molecular flexibility index (Phi) is 5.17. The number of carbonyl (C=O) groups excluding carboxylic acids is 2. The van der Waals surface area contributed by atoms with Gasteiger partial charge in [-0.2, -0.15) is 0 Å². The number of amides is 1. The van der Waals surface area contributed by atoms with Crippen molar-refractivity contribution in [3.63, 3.8) is 0 Å². The standard InChI is InChI=1S/C19H24FNO3/c1-21(11-13-5-3-2-4-6-13)18(22)9-14-12-24-17-8-7-15(20)10-16(17)19(14)23/h7-8,10,13-14H,2-6,9,11-12H2,1H3. The minimum atomic E-state index is -0.527. The van der Waals surface area contributed by atoms with Crippen LogP contribution >= 0.6 is 0 Å². The fourth-order valence-corrected chi connectivity index (χ4v) is 3.68. The first-order valence-electron chi connectivity index (χ1n) is 8.75. The number of nitrogens with zero attached hydrogens (tertiary/aromatic N) is 1. The van der Waals surface area contributed by atoms with Gasteiger partial charge in [0.15, 0.2) is 5.78 Å². The first-order valence-corrected chi connectivity index (χ1v) is 8.75. The van der Waals surface area contributed by atoms with Gasteiger partial charge in [-0.05, 0) is 37.0 Å². The number of ether oxygens (including phenoxy) is 1. The monoisotopic (exact) mass is 333 g/mol. The van der Waals surface area contributed by atoms with E-state index in [0.29, 0.717) is 11.7 Å². The first kappa shape index (κ1) is 16.9. The van der Waals surface area contributed by atoms with Crippen molar-refractivity contribution in [1.82, 2.24) is 4.90 Å². The van der Waals surface area contributed by atoms with Crippen molar-refractivity contribution >= 4 is 11.7 Å². The number of hydrogen-bond donors (Lipinski definition) is 0. The van der Waals surface area contributed by atoms with Gasteiger partial charge in [0.2, 0.25) is 5.91 Å². The fourth-order valence-electron chi connectivity index (χ4n) is 3.68. The van der Waals surface area contributed by atoms with E-state index >= 15 is 0 Å². The van der Waals surface area contributed by atoms with Crippen LogP contribution in [0.1, 0.15) is 48.9 Å². The molecule has 1 aliphatic carbocycles. The number of hydrogen-bond acceptors (Lipinski definition) is 3. The molecule has 1 amide bonds. The van der Waals surface area contributed by atoms with Crippen molar-refractivity contribution in [2.45, 2.75) is 38.5 Å². The number of ketones is 1. The molecule has 1 atom stereocenters. The van der Waals surface area contributed by atoms with Gasteiger partial charge in [-0.25, -0.2) is 4.39 Å². The van der Waals surface area contributed by atoms with Gasteiger partial charge in [0, 0.05) is 20.0 Å². The Morgan fingerprint density at radius 3 is 2.79 bits per heavy atom. The normalized spacial score (nSPS) is 21.1. The van der Waals surface area contributed by atoms with Crippen LogP contribution in [-0.2, 0) is 4.79 Å². The summed E-state index contributed by atoms with van der Waals surface area (Å²) in [7, 11) is 1.80. The Labute approximate surface area is 142 Å². The maximum absolute atomic E-state index is 13.4. The Hall–Kier alpha value is -1.91. The van der Waals surface area contributed by atoms with E-state index in [1.165, 1.54) is 50.3 Å². The van der Waals surface area contributed by atoms with Crippen LogP contribution in [0.15, 0.2) is 18.2 Å². The van der Waals surface area contributed by atoms with Crippen LogP contribution in [0.3, 0.4) is 0 Å². The van der Waals surface area contributed by atoms with Gasteiger partial charge in [0.05, 0.1) is 18.1 Å². The molecule has 5 heteroatoms. The Bertz CT molecular complexity index is 625. The topological polar surface area (TPSA) is 46.6 Å². The summed E-state index contributed by atoms with van der Waals surface area (Å²) in [5.41, 5.74) is 0.244. The van der Waals surface area contributed by atoms with E-state index < -0.39 is 11.7 Å². The lowest BCUT2D eigenvalue weighted by Crippen LogP contribution is -2.37. The third-order valence-electron chi connectivity index (χ3n) is 5.12. The highest BCUT2D eigenvalue weighted by Gasteiger charge is 2.32. The lowest BCUT2D eigenvalue weighted by atomic mass is 9.88. The predicted molar refractivity (Wildman–Crippen MR) is 88.5 cm³/mol. The quantitative estimate of drug-likeness (QED) is 0.848. The molecular weight excluding hydrogens is 309 g/mol. The Morgan fingerprint density at radius 1 is 1.29 bits per heavy atom. The lowest BCUT2D eigenvalue weighted by Gasteiger charge is -2.29. The summed E-state index contributed by atoms with van der Waals surface area (Å²) in [5, 5.41) is 0. The second-order valence-corrected chi connectivity index (χ2v) is 7.00. The summed E-state index contributed by atoms with van der Waals surface area (Å²) < 4.78 is 18.9. The maximum atomic E-state index is 13.4. The van der Waals surface area contributed by atoms with E-state index in [1.54, 1.807) is 11.9 Å². The third kappa shape index (κ3) is 3.77. The average Bonchev–Trinajstić information content (AvgIpc) is 2.58. The summed E-state index contributed by atoms with van der Waals surface area (Å²) in [5.74, 6) is -0.258. The number of carbonyl (C=O) groups is 2. The molecule has 0 aromatic heterocycles. The molecule has 0 saturated heterocycles. The van der Waals surface area contributed by atoms with E-state index in [2.05, 4.69) is 0 Å². The summed E-state index contributed by atoms with van der Waals surface area (Å²) in [6, 6.07) is 3.94. The summed E-state index contributed by atoms with van der Waals surface area (Å²) in [6.07, 6.45) is 6.25. The Morgan fingerprint density at radius 2 is 2.04 bits per heavy atom. The molecule has 1 saturated carbocycles. The highest BCUT2D eigenvalue weighted by atomic mass is 19.1. The molecule has 1 fully saturated rings. The van der Waals surface area contributed by atoms with Crippen LogP contribution in [0.2, 0.25) is 0 Å². The van der Waals surface area contributed by atoms with Crippen molar-refractivity contribution in [3.05, 3.63) is 29.6 Å². The van der Waals surface area contributed by atoms with Crippen molar-refractivity contribution in [2.75, 3.05) is 20.2 Å². The van der Waals surface area contributed by atoms with Gasteiger partial charge >= 0.3 is 0 Å². The molecule has 1 unspecified atom stereocenters. The second kappa shape index (κ2) is 7.32. The Balaban J connectivity index is 1.59. The van der Waals surface area contributed by atoms with Gasteiger partial charge < -0.3 is 9.64 Å². The summed E-state index contributed by atoms with van der Waals surface area (Å²) in [4.78, 5) is 26.7. The molecule has 1 heterocycles. The molecule has 4 nitrogen and oxygen atoms in total. The number of fused-ring (bicyclic) bond motifs is 1. The molecule has 3 rings (SSSR count). The van der Waals surface area contributed by atoms with Crippen LogP contribution in [-0.4, -0.2) is 36.8 Å². The van der Waals surface area contributed by atoms with Crippen LogP contribution in [0.25, 0.3) is 0 Å². The highest BCUT2D eigenvalue weighted by Crippen LogP contribution is 2.30. The molecule has 1 aromatic carbocycles. The molecule has 130 valence electrons. The van der Waals surface area contributed by atoms with Gasteiger partial charge in [-0.1, -0.05) is 19.3 Å². The van der Waals surface area contributed by atoms with Gasteiger partial charge in [0.1, 0.15) is 11.6 Å². The number of benzene rings is 1. The molecule has 0 bridgehead atoms. The largest absolute Gasteiger partial charge is 0.492 e. The predicted octanol–water partition coefficient (Wildman–Crippen LogP) is 3.45. The zero-order chi connectivity index (χ0) is 17.1. The van der Waals surface area contributed by atoms with E-state index in [-0.39, 0.29) is 30.3 Å². The van der Waals surface area contributed by atoms with Crippen molar-refractivity contribution in [2.24, 2.45) is 11.8 Å². The van der Waals surface area contributed by atoms with Crippen molar-refractivity contribution < 1.29 is 18.7 Å². The molecular formula is C19H24FNO3. The number of halogens is 1. The van der Waals surface area contributed by atoms with Crippen molar-refractivity contribution in [3.8, 4) is 5.75 Å². The zero-order valence-corrected chi connectivity index (χ0v) is 14.1. The SMILES string of the molecule is CN(CC1CCCCC1)C(=O)CC1COc2ccc(F)cc2C1=O. The van der Waals surface area contributed by atoms with Crippen LogP contribution in [0.4, 0.5) is 4.39 Å². The van der Waals surface area contributed by atoms with Gasteiger partial charge in [-0.3, -0.25) is 9.59 Å². The molecule has 1 aliphatic heterocycles. The minimum Gasteiger partial charge on any atom is -0.492 e. The van der Waals surface area contributed by atoms with E-state index in [0.717, 1.165) is 6.54 Å². The fraction of sp³-hybridized carbons (Fsp3) is 0.579. The van der Waals surface area contributed by atoms with E-state index in [1.807, 2.05) is 0 Å². The first-order chi connectivity index (χ1) is 11.5. The summed E-state index contributed by atoms with van der Waals surface area (Å²) >= 11 is 0. The van der Waals surface area contributed by atoms with Crippen LogP contribution < -0.4 is 4.74 Å². The molecule has 24 heavy (non-hydrogen) atoms. The van der Waals surface area contributed by atoms with Gasteiger partial charge in [-0.15, -0.1) is 0 Å². The number of rotatable bonds is 4. The highest BCUT2D eigenvalue weighted by molar-refractivity contribution is 6.02. The minimum absolute atomic E-state index is 0.0395. The molecule has 0 spiro atoms. The van der Waals surface area contributed by atoms with Gasteiger partial charge in [0.25, 0.3) is 0 Å². The van der Waals surface area contributed by atoms with Crippen molar-refractivity contribution in [1.29, 1.82) is 0 Å². The number of Topliss-reactive ketones (excluding diaryl/α,β-unsaturated/α-hetero) is 1. The smallest absolute Gasteiger partial charge is 0.223 e. The third-order valence-corrected chi connectivity index (χ3v) is 5.12. The zero-order valence-electron chi connectivity index (χ0n) is 14.1. The van der Waals surface area contributed by atoms with E-state index in [4.69, 9.17) is 4.74 Å². The van der Waals surface area contributed by atoms with Crippen LogP contribution in [0.5, 0.6) is 5.75 Å².